The number of carbonyl (C=O) groups is 2. The number of fused-ring (bicyclic) bond motifs is 2. The van der Waals surface area contributed by atoms with Gasteiger partial charge in [0.2, 0.25) is 5.95 Å². The molecule has 0 bridgehead atoms. The molecule has 4 aromatic rings. The van der Waals surface area contributed by atoms with E-state index in [0.29, 0.717) is 29.6 Å². The summed E-state index contributed by atoms with van der Waals surface area (Å²) in [5, 5.41) is 2.84. The number of halogens is 2. The first-order valence-corrected chi connectivity index (χ1v) is 11.9. The SMILES string of the molecule is NCCNC(=O)OCc1cc(F)c(F)cc1-c1ccc2nc(N)nc(C(=O)N3Cc4ccccc4C3)c2c1. The molecule has 0 atom stereocenters. The van der Waals surface area contributed by atoms with Crippen LogP contribution in [0.1, 0.15) is 27.2 Å². The third-order valence-electron chi connectivity index (χ3n) is 6.27. The Morgan fingerprint density at radius 1 is 1.00 bits per heavy atom. The van der Waals surface area contributed by atoms with Gasteiger partial charge in [0.15, 0.2) is 11.6 Å². The minimum absolute atomic E-state index is 0.0595. The van der Waals surface area contributed by atoms with Crippen LogP contribution >= 0.6 is 0 Å². The second-order valence-electron chi connectivity index (χ2n) is 8.81. The van der Waals surface area contributed by atoms with Gasteiger partial charge in [0.25, 0.3) is 5.91 Å². The van der Waals surface area contributed by atoms with E-state index in [2.05, 4.69) is 15.3 Å². The molecular weight excluding hydrogens is 494 g/mol. The zero-order chi connectivity index (χ0) is 26.8. The summed E-state index contributed by atoms with van der Waals surface area (Å²) in [5.74, 6) is -2.55. The molecule has 1 aliphatic rings. The molecule has 5 rings (SSSR count). The van der Waals surface area contributed by atoms with E-state index in [0.717, 1.165) is 23.3 Å². The maximum absolute atomic E-state index is 14.3. The number of hydrogen-bond acceptors (Lipinski definition) is 7. The van der Waals surface area contributed by atoms with Gasteiger partial charge >= 0.3 is 6.09 Å². The quantitative estimate of drug-likeness (QED) is 0.355. The monoisotopic (exact) mass is 518 g/mol. The summed E-state index contributed by atoms with van der Waals surface area (Å²) in [6, 6.07) is 14.6. The summed E-state index contributed by atoms with van der Waals surface area (Å²) >= 11 is 0. The molecule has 0 saturated heterocycles. The van der Waals surface area contributed by atoms with Crippen LogP contribution in [0.15, 0.2) is 54.6 Å². The number of ether oxygens (including phenoxy) is 1. The number of hydrogen-bond donors (Lipinski definition) is 3. The number of nitrogens with one attached hydrogen (secondary N) is 1. The highest BCUT2D eigenvalue weighted by molar-refractivity contribution is 6.06. The molecule has 2 amide bonds. The van der Waals surface area contributed by atoms with Gasteiger partial charge in [-0.1, -0.05) is 30.3 Å². The molecule has 9 nitrogen and oxygen atoms in total. The van der Waals surface area contributed by atoms with E-state index in [4.69, 9.17) is 16.2 Å². The van der Waals surface area contributed by atoms with Crippen molar-refractivity contribution < 1.29 is 23.1 Å². The zero-order valence-electron chi connectivity index (χ0n) is 20.2. The van der Waals surface area contributed by atoms with E-state index in [9.17, 15) is 18.4 Å². The van der Waals surface area contributed by atoms with Crippen LogP contribution in [0.3, 0.4) is 0 Å². The smallest absolute Gasteiger partial charge is 0.407 e. The topological polar surface area (TPSA) is 136 Å². The maximum Gasteiger partial charge on any atom is 0.407 e. The van der Waals surface area contributed by atoms with Crippen LogP contribution in [0, 0.1) is 11.6 Å². The summed E-state index contributed by atoms with van der Waals surface area (Å²) in [6.45, 7) is 0.959. The highest BCUT2D eigenvalue weighted by atomic mass is 19.2. The molecule has 0 fully saturated rings. The fourth-order valence-corrected chi connectivity index (χ4v) is 4.45. The lowest BCUT2D eigenvalue weighted by molar-refractivity contribution is 0.0747. The van der Waals surface area contributed by atoms with Gasteiger partial charge in [-0.3, -0.25) is 4.79 Å². The third-order valence-corrected chi connectivity index (χ3v) is 6.27. The van der Waals surface area contributed by atoms with Gasteiger partial charge in [0, 0.05) is 37.1 Å². The number of carbonyl (C=O) groups excluding carboxylic acids is 2. The molecule has 1 aromatic heterocycles. The van der Waals surface area contributed by atoms with Crippen LogP contribution in [-0.2, 0) is 24.4 Å². The van der Waals surface area contributed by atoms with E-state index < -0.39 is 17.7 Å². The van der Waals surface area contributed by atoms with Gasteiger partial charge in [-0.05, 0) is 46.5 Å². The van der Waals surface area contributed by atoms with E-state index in [-0.39, 0.29) is 48.4 Å². The van der Waals surface area contributed by atoms with Crippen molar-refractivity contribution in [1.29, 1.82) is 0 Å². The van der Waals surface area contributed by atoms with E-state index in [1.807, 2.05) is 24.3 Å². The second-order valence-corrected chi connectivity index (χ2v) is 8.81. The number of nitrogen functional groups attached to an aromatic ring is 1. The van der Waals surface area contributed by atoms with Gasteiger partial charge in [-0.2, -0.15) is 0 Å². The van der Waals surface area contributed by atoms with E-state index in [1.54, 1.807) is 23.1 Å². The van der Waals surface area contributed by atoms with Crippen molar-refractivity contribution in [3.05, 3.63) is 88.6 Å². The number of alkyl carbamates (subject to hydrolysis) is 1. The minimum Gasteiger partial charge on any atom is -0.445 e. The Bertz CT molecular complexity index is 1540. The standard InChI is InChI=1S/C27H24F2N6O3/c28-21-10-18(14-38-27(37)32-8-7-30)19(11-22(21)29)15-5-6-23-20(9-15)24(34-26(31)33-23)25(36)35-12-16-3-1-2-4-17(16)13-35/h1-6,9-11H,7-8,12-14,30H2,(H,32,37)(H2,31,33,34). The van der Waals surface area contributed by atoms with Crippen LogP contribution in [0.2, 0.25) is 0 Å². The van der Waals surface area contributed by atoms with Crippen LogP contribution in [0.25, 0.3) is 22.0 Å². The van der Waals surface area contributed by atoms with Crippen LogP contribution in [-0.4, -0.2) is 40.0 Å². The number of rotatable bonds is 6. The van der Waals surface area contributed by atoms with Crippen LogP contribution in [0.4, 0.5) is 19.5 Å². The summed E-state index contributed by atoms with van der Waals surface area (Å²) < 4.78 is 33.6. The van der Waals surface area contributed by atoms with Crippen LogP contribution < -0.4 is 16.8 Å². The predicted octanol–water partition coefficient (Wildman–Crippen LogP) is 3.50. The molecule has 3 aromatic carbocycles. The highest BCUT2D eigenvalue weighted by Gasteiger charge is 2.27. The number of amides is 2. The van der Waals surface area contributed by atoms with Gasteiger partial charge < -0.3 is 26.4 Å². The Labute approximate surface area is 216 Å². The second kappa shape index (κ2) is 10.4. The first kappa shape index (κ1) is 25.0. The molecule has 2 heterocycles. The van der Waals surface area contributed by atoms with Crippen molar-refractivity contribution in [2.45, 2.75) is 19.7 Å². The summed E-state index contributed by atoms with van der Waals surface area (Å²) in [4.78, 5) is 35.6. The number of benzene rings is 3. The van der Waals surface area contributed by atoms with Crippen molar-refractivity contribution in [1.82, 2.24) is 20.2 Å². The Balaban J connectivity index is 1.52. The van der Waals surface area contributed by atoms with Crippen LogP contribution in [0.5, 0.6) is 0 Å². The fourth-order valence-electron chi connectivity index (χ4n) is 4.45. The lowest BCUT2D eigenvalue weighted by Gasteiger charge is -2.17. The maximum atomic E-state index is 14.3. The Kier molecular flexibility index (Phi) is 6.84. The van der Waals surface area contributed by atoms with E-state index in [1.165, 1.54) is 0 Å². The molecule has 0 unspecified atom stereocenters. The van der Waals surface area contributed by atoms with Crippen molar-refractivity contribution in [2.24, 2.45) is 5.73 Å². The number of anilines is 1. The normalized spacial score (nSPS) is 12.4. The molecule has 0 aliphatic carbocycles. The molecule has 1 aliphatic heterocycles. The minimum atomic E-state index is -1.09. The molecule has 11 heteroatoms. The largest absolute Gasteiger partial charge is 0.445 e. The Morgan fingerprint density at radius 3 is 2.42 bits per heavy atom. The van der Waals surface area contributed by atoms with Gasteiger partial charge in [0.05, 0.1) is 5.52 Å². The van der Waals surface area contributed by atoms with Crippen molar-refractivity contribution in [2.75, 3.05) is 18.8 Å². The van der Waals surface area contributed by atoms with Gasteiger partial charge in [0.1, 0.15) is 12.3 Å². The van der Waals surface area contributed by atoms with Gasteiger partial charge in [-0.15, -0.1) is 0 Å². The predicted molar refractivity (Wildman–Crippen MR) is 137 cm³/mol. The summed E-state index contributed by atoms with van der Waals surface area (Å²) in [7, 11) is 0. The molecular formula is C27H24F2N6O3. The summed E-state index contributed by atoms with van der Waals surface area (Å²) in [6.07, 6.45) is -0.743. The molecule has 194 valence electrons. The fraction of sp³-hybridized carbons (Fsp3) is 0.185. The molecule has 0 spiro atoms. The first-order valence-electron chi connectivity index (χ1n) is 11.9. The average molecular weight is 519 g/mol. The number of nitrogens with zero attached hydrogens (tertiary/aromatic N) is 3. The van der Waals surface area contributed by atoms with Crippen molar-refractivity contribution in [3.8, 4) is 11.1 Å². The molecule has 0 saturated carbocycles. The molecule has 38 heavy (non-hydrogen) atoms. The lowest BCUT2D eigenvalue weighted by Crippen LogP contribution is -2.29. The Morgan fingerprint density at radius 2 is 1.71 bits per heavy atom. The average Bonchev–Trinajstić information content (AvgIpc) is 3.35. The van der Waals surface area contributed by atoms with E-state index >= 15 is 0 Å². The zero-order valence-corrected chi connectivity index (χ0v) is 20.2. The molecule has 5 N–H and O–H groups in total. The Hall–Kier alpha value is -4.64. The highest BCUT2D eigenvalue weighted by Crippen LogP contribution is 2.32. The van der Waals surface area contributed by atoms with Gasteiger partial charge in [-0.25, -0.2) is 23.5 Å². The first-order chi connectivity index (χ1) is 18.3. The number of aromatic nitrogens is 2. The third kappa shape index (κ3) is 4.96. The molecule has 0 radical (unpaired) electrons. The lowest BCUT2D eigenvalue weighted by atomic mass is 9.97. The number of nitrogens with two attached hydrogens (primary N) is 2. The summed E-state index contributed by atoms with van der Waals surface area (Å²) in [5.41, 5.74) is 14.9. The van der Waals surface area contributed by atoms with Crippen molar-refractivity contribution >= 4 is 28.9 Å². The van der Waals surface area contributed by atoms with Crippen molar-refractivity contribution in [3.63, 3.8) is 0 Å².